The van der Waals surface area contributed by atoms with Crippen molar-refractivity contribution in [2.75, 3.05) is 6.61 Å². The van der Waals surface area contributed by atoms with Crippen LogP contribution in [0.3, 0.4) is 0 Å². The van der Waals surface area contributed by atoms with Crippen molar-refractivity contribution < 1.29 is 14.3 Å². The number of hydrogen-bond acceptors (Lipinski definition) is 4. The third-order valence-electron chi connectivity index (χ3n) is 4.31. The molecule has 3 aromatic carbocycles. The van der Waals surface area contributed by atoms with Gasteiger partial charge in [0.1, 0.15) is 31.0 Å². The van der Waals surface area contributed by atoms with Gasteiger partial charge in [0, 0.05) is 6.42 Å². The van der Waals surface area contributed by atoms with E-state index in [4.69, 9.17) is 14.9 Å². The molecule has 142 valence electrons. The first kappa shape index (κ1) is 19.4. The smallest absolute Gasteiger partial charge is 0.130 e. The van der Waals surface area contributed by atoms with Crippen LogP contribution >= 0.6 is 0 Å². The van der Waals surface area contributed by atoms with Crippen LogP contribution in [-0.2, 0) is 17.8 Å². The number of aldehydes is 1. The molecule has 3 aromatic rings. The van der Waals surface area contributed by atoms with E-state index >= 15 is 0 Å². The van der Waals surface area contributed by atoms with E-state index in [0.29, 0.717) is 18.7 Å². The molecule has 0 fully saturated rings. The Hall–Kier alpha value is -3.40. The highest BCUT2D eigenvalue weighted by atomic mass is 16.5. The molecule has 0 saturated heterocycles. The number of carbonyl (C=O) groups excluding carboxylic acids is 1. The zero-order chi connectivity index (χ0) is 19.6. The van der Waals surface area contributed by atoms with Gasteiger partial charge in [-0.25, -0.2) is 0 Å². The maximum absolute atomic E-state index is 10.4. The molecule has 0 aliphatic carbocycles. The van der Waals surface area contributed by atoms with Gasteiger partial charge < -0.3 is 19.7 Å². The van der Waals surface area contributed by atoms with E-state index < -0.39 is 0 Å². The predicted octanol–water partition coefficient (Wildman–Crippen LogP) is 4.84. The van der Waals surface area contributed by atoms with Crippen molar-refractivity contribution in [3.05, 3.63) is 95.6 Å². The van der Waals surface area contributed by atoms with Gasteiger partial charge in [0.25, 0.3) is 0 Å². The van der Waals surface area contributed by atoms with E-state index in [2.05, 4.69) is 0 Å². The lowest BCUT2D eigenvalue weighted by Gasteiger charge is -2.10. The fourth-order valence-corrected chi connectivity index (χ4v) is 2.70. The molecule has 0 saturated carbocycles. The molecule has 0 atom stereocenters. The Morgan fingerprint density at radius 3 is 2.04 bits per heavy atom. The molecule has 0 amide bonds. The molecule has 0 aromatic heterocycles. The van der Waals surface area contributed by atoms with E-state index in [0.717, 1.165) is 40.9 Å². The highest BCUT2D eigenvalue weighted by Crippen LogP contribution is 2.17. The van der Waals surface area contributed by atoms with Crippen LogP contribution in [0.4, 0.5) is 0 Å². The number of benzene rings is 3. The van der Waals surface area contributed by atoms with Gasteiger partial charge >= 0.3 is 0 Å². The topological polar surface area (TPSA) is 59.4 Å². The van der Waals surface area contributed by atoms with Gasteiger partial charge in [0.2, 0.25) is 0 Å². The molecular weight excluding hydrogens is 350 g/mol. The molecule has 28 heavy (non-hydrogen) atoms. The summed E-state index contributed by atoms with van der Waals surface area (Å²) in [6, 6.07) is 25.1. The van der Waals surface area contributed by atoms with E-state index in [1.165, 1.54) is 0 Å². The molecule has 0 bridgehead atoms. The maximum Gasteiger partial charge on any atom is 0.130 e. The summed E-state index contributed by atoms with van der Waals surface area (Å²) in [5.74, 6) is 1.52. The Morgan fingerprint density at radius 1 is 0.786 bits per heavy atom. The molecule has 4 nitrogen and oxygen atoms in total. The fraction of sp³-hybridized carbons (Fsp3) is 0.167. The molecule has 0 unspecified atom stereocenters. The summed E-state index contributed by atoms with van der Waals surface area (Å²) < 4.78 is 11.5. The third-order valence-corrected chi connectivity index (χ3v) is 4.31. The number of nitrogens with one attached hydrogen (secondary N) is 1. The molecule has 0 spiro atoms. The Balaban J connectivity index is 1.46. The predicted molar refractivity (Wildman–Crippen MR) is 110 cm³/mol. The van der Waals surface area contributed by atoms with Crippen LogP contribution in [0.2, 0.25) is 0 Å². The molecule has 0 aliphatic heterocycles. The summed E-state index contributed by atoms with van der Waals surface area (Å²) >= 11 is 0. The van der Waals surface area contributed by atoms with Crippen LogP contribution in [0.15, 0.2) is 78.9 Å². The zero-order valence-corrected chi connectivity index (χ0v) is 15.6. The highest BCUT2D eigenvalue weighted by Gasteiger charge is 2.03. The van der Waals surface area contributed by atoms with Crippen LogP contribution in [-0.4, -0.2) is 18.6 Å². The number of hydrogen-bond donors (Lipinski definition) is 1. The summed E-state index contributed by atoms with van der Waals surface area (Å²) in [5, 5.41) is 8.07. The van der Waals surface area contributed by atoms with Crippen LogP contribution in [0.1, 0.15) is 23.1 Å². The summed E-state index contributed by atoms with van der Waals surface area (Å²) in [7, 11) is 0. The fourth-order valence-electron chi connectivity index (χ4n) is 2.70. The third kappa shape index (κ3) is 5.81. The van der Waals surface area contributed by atoms with Crippen molar-refractivity contribution in [1.29, 1.82) is 5.41 Å². The Labute approximate surface area is 165 Å². The Morgan fingerprint density at radius 2 is 1.39 bits per heavy atom. The lowest BCUT2D eigenvalue weighted by Crippen LogP contribution is -2.11. The molecule has 1 N–H and O–H groups in total. The molecular formula is C24H23NO3. The van der Waals surface area contributed by atoms with Crippen LogP contribution in [0.25, 0.3) is 0 Å². The van der Waals surface area contributed by atoms with E-state index in [-0.39, 0.29) is 6.61 Å². The Kier molecular flexibility index (Phi) is 6.96. The SMILES string of the molecule is N=C(COc1ccc(COc2ccc(CCC=O)cc2)cc1)c1ccccc1. The van der Waals surface area contributed by atoms with Crippen molar-refractivity contribution in [3.8, 4) is 11.5 Å². The van der Waals surface area contributed by atoms with Crippen LogP contribution < -0.4 is 9.47 Å². The number of carbonyl (C=O) groups is 1. The monoisotopic (exact) mass is 373 g/mol. The van der Waals surface area contributed by atoms with E-state index in [9.17, 15) is 4.79 Å². The minimum absolute atomic E-state index is 0.232. The second kappa shape index (κ2) is 10.1. The van der Waals surface area contributed by atoms with Gasteiger partial charge in [-0.15, -0.1) is 0 Å². The summed E-state index contributed by atoms with van der Waals surface area (Å²) in [6.07, 6.45) is 2.23. The molecule has 3 rings (SSSR count). The average Bonchev–Trinajstić information content (AvgIpc) is 2.76. The first-order chi connectivity index (χ1) is 13.7. The second-order valence-corrected chi connectivity index (χ2v) is 6.42. The standard InChI is InChI=1S/C24H23NO3/c25-24(21-6-2-1-3-7-21)18-28-23-14-10-20(11-15-23)17-27-22-12-8-19(9-13-22)5-4-16-26/h1-3,6-16,25H,4-5,17-18H2. The lowest BCUT2D eigenvalue weighted by molar-refractivity contribution is -0.107. The quantitative estimate of drug-likeness (QED) is 0.408. The zero-order valence-electron chi connectivity index (χ0n) is 15.6. The van der Waals surface area contributed by atoms with Crippen molar-refractivity contribution in [2.24, 2.45) is 0 Å². The van der Waals surface area contributed by atoms with Crippen molar-refractivity contribution in [2.45, 2.75) is 19.4 Å². The number of rotatable bonds is 10. The van der Waals surface area contributed by atoms with E-state index in [1.54, 1.807) is 0 Å². The molecule has 0 heterocycles. The number of ether oxygens (including phenoxy) is 2. The summed E-state index contributed by atoms with van der Waals surface area (Å²) in [6.45, 7) is 0.699. The highest BCUT2D eigenvalue weighted by molar-refractivity contribution is 5.99. The largest absolute Gasteiger partial charge is 0.489 e. The van der Waals surface area contributed by atoms with Gasteiger partial charge in [0.15, 0.2) is 0 Å². The minimum Gasteiger partial charge on any atom is -0.489 e. The molecule has 4 heteroatoms. The van der Waals surface area contributed by atoms with Crippen LogP contribution in [0, 0.1) is 5.41 Å². The van der Waals surface area contributed by atoms with E-state index in [1.807, 2.05) is 78.9 Å². The van der Waals surface area contributed by atoms with Crippen molar-refractivity contribution in [1.82, 2.24) is 0 Å². The normalized spacial score (nSPS) is 10.3. The molecule has 0 aliphatic rings. The summed E-state index contributed by atoms with van der Waals surface area (Å²) in [4.78, 5) is 10.4. The van der Waals surface area contributed by atoms with Gasteiger partial charge in [-0.1, -0.05) is 54.6 Å². The first-order valence-corrected chi connectivity index (χ1v) is 9.24. The first-order valence-electron chi connectivity index (χ1n) is 9.24. The maximum atomic E-state index is 10.4. The van der Waals surface area contributed by atoms with Crippen molar-refractivity contribution in [3.63, 3.8) is 0 Å². The second-order valence-electron chi connectivity index (χ2n) is 6.42. The van der Waals surface area contributed by atoms with Gasteiger partial charge in [-0.05, 0) is 47.4 Å². The van der Waals surface area contributed by atoms with Crippen molar-refractivity contribution >= 4 is 12.0 Å². The average molecular weight is 373 g/mol. The van der Waals surface area contributed by atoms with Gasteiger partial charge in [-0.2, -0.15) is 0 Å². The number of aryl methyl sites for hydroxylation is 1. The van der Waals surface area contributed by atoms with Gasteiger partial charge in [0.05, 0.1) is 5.71 Å². The van der Waals surface area contributed by atoms with Crippen LogP contribution in [0.5, 0.6) is 11.5 Å². The molecule has 0 radical (unpaired) electrons. The van der Waals surface area contributed by atoms with Gasteiger partial charge in [-0.3, -0.25) is 0 Å². The minimum atomic E-state index is 0.232. The Bertz CT molecular complexity index is 887. The lowest BCUT2D eigenvalue weighted by atomic mass is 10.1. The summed E-state index contributed by atoms with van der Waals surface area (Å²) in [5.41, 5.74) is 3.48.